The lowest BCUT2D eigenvalue weighted by Gasteiger charge is -2.25. The summed E-state index contributed by atoms with van der Waals surface area (Å²) in [5.41, 5.74) is 0.168. The van der Waals surface area contributed by atoms with Gasteiger partial charge >= 0.3 is 5.97 Å². The predicted octanol–water partition coefficient (Wildman–Crippen LogP) is 1.90. The fraction of sp³-hybridized carbons (Fsp3) is 0.533. The number of hydrogen-bond acceptors (Lipinski definition) is 4. The number of esters is 1. The fourth-order valence-electron chi connectivity index (χ4n) is 1.67. The number of aliphatic hydroxyl groups excluding tert-OH is 2. The van der Waals surface area contributed by atoms with Crippen molar-refractivity contribution in [3.8, 4) is 0 Å². The van der Waals surface area contributed by atoms with E-state index in [1.54, 1.807) is 20.8 Å². The van der Waals surface area contributed by atoms with Crippen molar-refractivity contribution < 1.29 is 19.7 Å². The zero-order valence-corrected chi connectivity index (χ0v) is 12.7. The number of alkyl halides is 1. The van der Waals surface area contributed by atoms with E-state index in [4.69, 9.17) is 16.3 Å². The minimum atomic E-state index is -1.38. The third kappa shape index (κ3) is 5.49. The first-order chi connectivity index (χ1) is 9.20. The maximum atomic E-state index is 11.7. The predicted molar refractivity (Wildman–Crippen MR) is 77.6 cm³/mol. The lowest BCUT2D eigenvalue weighted by atomic mass is 10.0. The highest BCUT2D eigenvalue weighted by Crippen LogP contribution is 2.17. The van der Waals surface area contributed by atoms with E-state index < -0.39 is 29.2 Å². The highest BCUT2D eigenvalue weighted by Gasteiger charge is 2.33. The van der Waals surface area contributed by atoms with Crippen molar-refractivity contribution in [3.05, 3.63) is 35.9 Å². The SMILES string of the molecule is CC(C)(C)OC(=O)[C@@H](Cl)[C@@H](O)[C@H](O)Cc1ccccc1. The van der Waals surface area contributed by atoms with Crippen molar-refractivity contribution in [2.24, 2.45) is 0 Å². The Morgan fingerprint density at radius 2 is 1.80 bits per heavy atom. The number of rotatable bonds is 5. The number of halogens is 1. The first-order valence-electron chi connectivity index (χ1n) is 6.47. The Hall–Kier alpha value is -1.10. The van der Waals surface area contributed by atoms with Gasteiger partial charge in [0.2, 0.25) is 0 Å². The molecular weight excluding hydrogens is 280 g/mol. The van der Waals surface area contributed by atoms with Gasteiger partial charge < -0.3 is 14.9 Å². The van der Waals surface area contributed by atoms with Crippen LogP contribution in [-0.2, 0) is 16.0 Å². The van der Waals surface area contributed by atoms with Gasteiger partial charge in [-0.15, -0.1) is 11.6 Å². The number of hydrogen-bond donors (Lipinski definition) is 2. The van der Waals surface area contributed by atoms with E-state index in [2.05, 4.69) is 0 Å². The molecule has 1 aromatic rings. The molecule has 1 rings (SSSR count). The van der Waals surface area contributed by atoms with Crippen molar-refractivity contribution in [2.45, 2.75) is 50.4 Å². The van der Waals surface area contributed by atoms with Gasteiger partial charge in [0.05, 0.1) is 6.10 Å². The Balaban J connectivity index is 2.59. The van der Waals surface area contributed by atoms with E-state index in [-0.39, 0.29) is 6.42 Å². The van der Waals surface area contributed by atoms with E-state index in [0.717, 1.165) is 5.56 Å². The van der Waals surface area contributed by atoms with Crippen molar-refractivity contribution in [2.75, 3.05) is 0 Å². The number of ether oxygens (including phenoxy) is 1. The molecule has 0 aliphatic heterocycles. The average Bonchev–Trinajstić information content (AvgIpc) is 2.36. The molecule has 20 heavy (non-hydrogen) atoms. The molecule has 0 saturated heterocycles. The minimum Gasteiger partial charge on any atom is -0.459 e. The maximum absolute atomic E-state index is 11.7. The van der Waals surface area contributed by atoms with Crippen molar-refractivity contribution >= 4 is 17.6 Å². The molecule has 112 valence electrons. The van der Waals surface area contributed by atoms with Gasteiger partial charge in [-0.05, 0) is 26.3 Å². The summed E-state index contributed by atoms with van der Waals surface area (Å²) in [4.78, 5) is 11.7. The Morgan fingerprint density at radius 1 is 1.25 bits per heavy atom. The molecule has 0 heterocycles. The second kappa shape index (κ2) is 7.07. The van der Waals surface area contributed by atoms with Crippen LogP contribution >= 0.6 is 11.6 Å². The van der Waals surface area contributed by atoms with Gasteiger partial charge in [0.15, 0.2) is 5.38 Å². The smallest absolute Gasteiger partial charge is 0.327 e. The quantitative estimate of drug-likeness (QED) is 0.644. The van der Waals surface area contributed by atoms with Crippen LogP contribution in [0, 0.1) is 0 Å². The topological polar surface area (TPSA) is 66.8 Å². The monoisotopic (exact) mass is 300 g/mol. The molecule has 5 heteroatoms. The van der Waals surface area contributed by atoms with E-state index in [1.807, 2.05) is 30.3 Å². The highest BCUT2D eigenvalue weighted by molar-refractivity contribution is 6.30. The number of carbonyl (C=O) groups excluding carboxylic acids is 1. The lowest BCUT2D eigenvalue weighted by Crippen LogP contribution is -2.42. The van der Waals surface area contributed by atoms with Crippen molar-refractivity contribution in [3.63, 3.8) is 0 Å². The Morgan fingerprint density at radius 3 is 2.30 bits per heavy atom. The van der Waals surface area contributed by atoms with Gasteiger partial charge in [0, 0.05) is 6.42 Å². The molecule has 0 radical (unpaired) electrons. The third-order valence-electron chi connectivity index (χ3n) is 2.61. The lowest BCUT2D eigenvalue weighted by molar-refractivity contribution is -0.158. The summed E-state index contributed by atoms with van der Waals surface area (Å²) >= 11 is 5.86. The molecule has 0 saturated carbocycles. The molecule has 0 aliphatic carbocycles. The molecule has 2 N–H and O–H groups in total. The average molecular weight is 301 g/mol. The summed E-state index contributed by atoms with van der Waals surface area (Å²) in [6.07, 6.45) is -2.30. The Labute approximate surface area is 124 Å². The molecule has 0 aliphatic rings. The van der Waals surface area contributed by atoms with Crippen LogP contribution in [0.4, 0.5) is 0 Å². The molecule has 0 spiro atoms. The second-order valence-electron chi connectivity index (χ2n) is 5.68. The van der Waals surface area contributed by atoms with Crippen LogP contribution in [0.25, 0.3) is 0 Å². The molecule has 3 atom stereocenters. The normalized spacial score (nSPS) is 16.3. The molecule has 0 fully saturated rings. The van der Waals surface area contributed by atoms with Gasteiger partial charge in [0.25, 0.3) is 0 Å². The van der Waals surface area contributed by atoms with Crippen LogP contribution in [0.5, 0.6) is 0 Å². The maximum Gasteiger partial charge on any atom is 0.327 e. The Bertz CT molecular complexity index is 427. The third-order valence-corrected chi connectivity index (χ3v) is 3.05. The van der Waals surface area contributed by atoms with Gasteiger partial charge in [-0.25, -0.2) is 0 Å². The summed E-state index contributed by atoms with van der Waals surface area (Å²) in [7, 11) is 0. The summed E-state index contributed by atoms with van der Waals surface area (Å²) in [5, 5.41) is 18.6. The molecule has 1 aromatic carbocycles. The van der Waals surface area contributed by atoms with Gasteiger partial charge in [-0.1, -0.05) is 30.3 Å². The number of benzene rings is 1. The molecule has 0 unspecified atom stereocenters. The van der Waals surface area contributed by atoms with Crippen LogP contribution in [0.15, 0.2) is 30.3 Å². The van der Waals surface area contributed by atoms with Gasteiger partial charge in [0.1, 0.15) is 11.7 Å². The number of aliphatic hydroxyl groups is 2. The molecule has 0 bridgehead atoms. The summed E-state index contributed by atoms with van der Waals surface area (Å²) in [6, 6.07) is 9.18. The van der Waals surface area contributed by atoms with Crippen molar-refractivity contribution in [1.29, 1.82) is 0 Å². The van der Waals surface area contributed by atoms with E-state index in [1.165, 1.54) is 0 Å². The van der Waals surface area contributed by atoms with Crippen LogP contribution in [-0.4, -0.2) is 39.4 Å². The van der Waals surface area contributed by atoms with Crippen molar-refractivity contribution in [1.82, 2.24) is 0 Å². The van der Waals surface area contributed by atoms with E-state index in [9.17, 15) is 15.0 Å². The molecular formula is C15H21ClO4. The first kappa shape index (κ1) is 17.0. The van der Waals surface area contributed by atoms with Gasteiger partial charge in [-0.3, -0.25) is 4.79 Å². The summed E-state index contributed by atoms with van der Waals surface area (Å²) in [6.45, 7) is 5.13. The zero-order chi connectivity index (χ0) is 15.3. The number of carbonyl (C=O) groups is 1. The first-order valence-corrected chi connectivity index (χ1v) is 6.91. The largest absolute Gasteiger partial charge is 0.459 e. The van der Waals surface area contributed by atoms with Crippen LogP contribution in [0.2, 0.25) is 0 Å². The summed E-state index contributed by atoms with van der Waals surface area (Å²) in [5.74, 6) is -0.737. The van der Waals surface area contributed by atoms with E-state index in [0.29, 0.717) is 0 Å². The van der Waals surface area contributed by atoms with Crippen LogP contribution in [0.1, 0.15) is 26.3 Å². The van der Waals surface area contributed by atoms with Crippen LogP contribution in [0.3, 0.4) is 0 Å². The van der Waals surface area contributed by atoms with E-state index >= 15 is 0 Å². The standard InChI is InChI=1S/C15H21ClO4/c1-15(2,3)20-14(19)12(16)13(18)11(17)9-10-7-5-4-6-8-10/h4-8,11-13,17-18H,9H2,1-3H3/t11-,12+,13+/m1/s1. The summed E-state index contributed by atoms with van der Waals surface area (Å²) < 4.78 is 5.08. The minimum absolute atomic E-state index is 0.216. The second-order valence-corrected chi connectivity index (χ2v) is 6.15. The fourth-order valence-corrected chi connectivity index (χ4v) is 1.88. The Kier molecular flexibility index (Phi) is 5.99. The van der Waals surface area contributed by atoms with Crippen LogP contribution < -0.4 is 0 Å². The molecule has 4 nitrogen and oxygen atoms in total. The highest BCUT2D eigenvalue weighted by atomic mass is 35.5. The van der Waals surface area contributed by atoms with Gasteiger partial charge in [-0.2, -0.15) is 0 Å². The molecule has 0 amide bonds. The molecule has 0 aromatic heterocycles. The zero-order valence-electron chi connectivity index (χ0n) is 11.9.